The summed E-state index contributed by atoms with van der Waals surface area (Å²) in [6.45, 7) is 1.40. The largest absolute Gasteiger partial charge is 0.383 e. The van der Waals surface area contributed by atoms with Gasteiger partial charge in [-0.05, 0) is 40.5 Å². The second kappa shape index (κ2) is 5.21. The first kappa shape index (κ1) is 14.9. The minimum Gasteiger partial charge on any atom is -0.320 e. The number of hydrogen-bond acceptors (Lipinski definition) is 1. The van der Waals surface area contributed by atoms with Crippen LogP contribution in [-0.2, 0) is 4.79 Å². The number of hydrogen-bond donors (Lipinski definition) is 1. The second-order valence-electron chi connectivity index (χ2n) is 3.46. The van der Waals surface area contributed by atoms with Crippen LogP contribution in [0, 0.1) is 12.7 Å². The summed E-state index contributed by atoms with van der Waals surface area (Å²) in [7, 11) is 0. The molecule has 0 aliphatic rings. The highest BCUT2D eigenvalue weighted by Gasteiger charge is 2.49. The number of amides is 1. The van der Waals surface area contributed by atoms with Crippen LogP contribution < -0.4 is 5.32 Å². The van der Waals surface area contributed by atoms with Gasteiger partial charge in [0.15, 0.2) is 0 Å². The number of halogens is 6. The van der Waals surface area contributed by atoms with Crippen molar-refractivity contribution in [2.45, 2.75) is 19.3 Å². The lowest BCUT2D eigenvalue weighted by atomic mass is 10.2. The van der Waals surface area contributed by atoms with Crippen molar-refractivity contribution in [3.8, 4) is 0 Å². The molecule has 0 spiro atoms. The van der Waals surface area contributed by atoms with E-state index in [1.807, 2.05) is 0 Å². The Morgan fingerprint density at radius 1 is 1.39 bits per heavy atom. The molecular weight excluding hydrogens is 325 g/mol. The third-order valence-corrected chi connectivity index (χ3v) is 2.70. The fraction of sp³-hybridized carbons (Fsp3) is 0.300. The standard InChI is InChI=1S/C10H7BrF5NO/c1-4-2-5(11)6(12)3-7(4)17-9(18)10(15,16)8(13)14/h2-3,8H,1H3,(H,17,18). The van der Waals surface area contributed by atoms with Gasteiger partial charge in [0.05, 0.1) is 4.47 Å². The number of nitrogens with one attached hydrogen (secondary N) is 1. The number of carbonyl (C=O) groups is 1. The van der Waals surface area contributed by atoms with E-state index in [2.05, 4.69) is 15.9 Å². The fourth-order valence-electron chi connectivity index (χ4n) is 1.09. The van der Waals surface area contributed by atoms with E-state index in [9.17, 15) is 26.7 Å². The molecule has 1 aromatic rings. The number of aryl methyl sites for hydroxylation is 1. The van der Waals surface area contributed by atoms with Crippen molar-refractivity contribution >= 4 is 27.5 Å². The smallest absolute Gasteiger partial charge is 0.320 e. The van der Waals surface area contributed by atoms with Crippen molar-refractivity contribution in [3.05, 3.63) is 28.0 Å². The molecule has 0 aliphatic heterocycles. The zero-order valence-corrected chi connectivity index (χ0v) is 10.5. The van der Waals surface area contributed by atoms with Gasteiger partial charge in [0, 0.05) is 5.69 Å². The molecule has 1 amide bonds. The molecule has 2 nitrogen and oxygen atoms in total. The van der Waals surface area contributed by atoms with Gasteiger partial charge in [0.25, 0.3) is 0 Å². The third kappa shape index (κ3) is 2.98. The minimum absolute atomic E-state index is 0.0682. The summed E-state index contributed by atoms with van der Waals surface area (Å²) in [5.74, 6) is -7.81. The molecule has 0 saturated carbocycles. The van der Waals surface area contributed by atoms with Crippen LogP contribution in [0.15, 0.2) is 16.6 Å². The quantitative estimate of drug-likeness (QED) is 0.840. The second-order valence-corrected chi connectivity index (χ2v) is 4.31. The van der Waals surface area contributed by atoms with Crippen molar-refractivity contribution in [1.29, 1.82) is 0 Å². The van der Waals surface area contributed by atoms with Crippen molar-refractivity contribution < 1.29 is 26.7 Å². The summed E-state index contributed by atoms with van der Waals surface area (Å²) in [5, 5.41) is 1.57. The number of anilines is 1. The molecule has 1 rings (SSSR count). The predicted octanol–water partition coefficient (Wildman–Crippen LogP) is 3.74. The Hall–Kier alpha value is -1.18. The first-order valence-electron chi connectivity index (χ1n) is 4.59. The van der Waals surface area contributed by atoms with Crippen molar-refractivity contribution in [1.82, 2.24) is 0 Å². The lowest BCUT2D eigenvalue weighted by Crippen LogP contribution is -2.41. The Morgan fingerprint density at radius 2 is 1.94 bits per heavy atom. The van der Waals surface area contributed by atoms with Gasteiger partial charge in [-0.2, -0.15) is 8.78 Å². The summed E-state index contributed by atoms with van der Waals surface area (Å²) < 4.78 is 62.4. The van der Waals surface area contributed by atoms with Crippen LogP contribution >= 0.6 is 15.9 Å². The summed E-state index contributed by atoms with van der Waals surface area (Å²) in [4.78, 5) is 10.9. The number of carbonyl (C=O) groups excluding carboxylic acids is 1. The van der Waals surface area contributed by atoms with Crippen molar-refractivity contribution in [3.63, 3.8) is 0 Å². The zero-order valence-electron chi connectivity index (χ0n) is 8.91. The molecule has 0 unspecified atom stereocenters. The van der Waals surface area contributed by atoms with Crippen LogP contribution in [0.1, 0.15) is 5.56 Å². The highest BCUT2D eigenvalue weighted by molar-refractivity contribution is 9.10. The molecule has 0 aromatic heterocycles. The van der Waals surface area contributed by atoms with Crippen LogP contribution in [0.3, 0.4) is 0 Å². The number of benzene rings is 1. The molecule has 0 atom stereocenters. The maximum absolute atomic E-state index is 13.1. The molecule has 8 heteroatoms. The summed E-state index contributed by atoms with van der Waals surface area (Å²) >= 11 is 2.85. The Morgan fingerprint density at radius 3 is 2.44 bits per heavy atom. The fourth-order valence-corrected chi connectivity index (χ4v) is 1.54. The monoisotopic (exact) mass is 331 g/mol. The van der Waals surface area contributed by atoms with E-state index in [-0.39, 0.29) is 15.7 Å². The Balaban J connectivity index is 2.99. The first-order chi connectivity index (χ1) is 8.16. The maximum Gasteiger partial charge on any atom is 0.383 e. The molecule has 1 N–H and O–H groups in total. The van der Waals surface area contributed by atoms with Crippen LogP contribution in [0.2, 0.25) is 0 Å². The van der Waals surface area contributed by atoms with E-state index in [1.54, 1.807) is 5.32 Å². The molecular formula is C10H7BrF5NO. The normalized spacial score (nSPS) is 11.8. The van der Waals surface area contributed by atoms with Gasteiger partial charge in [-0.25, -0.2) is 13.2 Å². The molecule has 18 heavy (non-hydrogen) atoms. The number of rotatable bonds is 3. The van der Waals surface area contributed by atoms with Gasteiger partial charge in [0.1, 0.15) is 5.82 Å². The summed E-state index contributed by atoms with van der Waals surface area (Å²) in [6, 6.07) is 1.99. The first-order valence-corrected chi connectivity index (χ1v) is 5.38. The summed E-state index contributed by atoms with van der Waals surface area (Å²) in [6.07, 6.45) is -4.13. The average molecular weight is 332 g/mol. The SMILES string of the molecule is Cc1cc(Br)c(F)cc1NC(=O)C(F)(F)C(F)F. The highest BCUT2D eigenvalue weighted by Crippen LogP contribution is 2.28. The van der Waals surface area contributed by atoms with Gasteiger partial charge < -0.3 is 5.32 Å². The maximum atomic E-state index is 13.1. The molecule has 0 bridgehead atoms. The Bertz CT molecular complexity index is 478. The van der Waals surface area contributed by atoms with E-state index in [1.165, 1.54) is 13.0 Å². The lowest BCUT2D eigenvalue weighted by molar-refractivity contribution is -0.163. The van der Waals surface area contributed by atoms with Crippen LogP contribution in [-0.4, -0.2) is 18.3 Å². The molecule has 0 aliphatic carbocycles. The predicted molar refractivity (Wildman–Crippen MR) is 58.4 cm³/mol. The van der Waals surface area contributed by atoms with Gasteiger partial charge >= 0.3 is 18.3 Å². The minimum atomic E-state index is -4.82. The zero-order chi connectivity index (χ0) is 14.1. The third-order valence-electron chi connectivity index (χ3n) is 2.09. The van der Waals surface area contributed by atoms with Crippen molar-refractivity contribution in [2.24, 2.45) is 0 Å². The van der Waals surface area contributed by atoms with Gasteiger partial charge in [0.2, 0.25) is 0 Å². The molecule has 0 heterocycles. The van der Waals surface area contributed by atoms with E-state index < -0.39 is 24.1 Å². The molecule has 100 valence electrons. The van der Waals surface area contributed by atoms with E-state index in [0.29, 0.717) is 0 Å². The van der Waals surface area contributed by atoms with Gasteiger partial charge in [-0.15, -0.1) is 0 Å². The Kier molecular flexibility index (Phi) is 4.31. The lowest BCUT2D eigenvalue weighted by Gasteiger charge is -2.16. The van der Waals surface area contributed by atoms with E-state index in [0.717, 1.165) is 6.07 Å². The number of alkyl halides is 4. The molecule has 1 aromatic carbocycles. The average Bonchev–Trinajstić information content (AvgIpc) is 2.25. The van der Waals surface area contributed by atoms with E-state index >= 15 is 0 Å². The van der Waals surface area contributed by atoms with Crippen LogP contribution in [0.25, 0.3) is 0 Å². The Labute approximate surface area is 107 Å². The van der Waals surface area contributed by atoms with Gasteiger partial charge in [-0.3, -0.25) is 4.79 Å². The highest BCUT2D eigenvalue weighted by atomic mass is 79.9. The topological polar surface area (TPSA) is 29.1 Å². The van der Waals surface area contributed by atoms with Crippen LogP contribution in [0.4, 0.5) is 27.6 Å². The molecule has 0 fully saturated rings. The van der Waals surface area contributed by atoms with Crippen molar-refractivity contribution in [2.75, 3.05) is 5.32 Å². The summed E-state index contributed by atoms with van der Waals surface area (Å²) in [5.41, 5.74) is -0.0392. The van der Waals surface area contributed by atoms with Gasteiger partial charge in [-0.1, -0.05) is 0 Å². The van der Waals surface area contributed by atoms with E-state index in [4.69, 9.17) is 0 Å². The molecule has 0 saturated heterocycles. The van der Waals surface area contributed by atoms with Crippen LogP contribution in [0.5, 0.6) is 0 Å². The molecule has 0 radical (unpaired) electrons.